The normalized spacial score (nSPS) is 11.4. The summed E-state index contributed by atoms with van der Waals surface area (Å²) in [6.45, 7) is 2.31. The summed E-state index contributed by atoms with van der Waals surface area (Å²) in [7, 11) is 1.30. The largest absolute Gasteiger partial charge is 0.508 e. The summed E-state index contributed by atoms with van der Waals surface area (Å²) in [5.41, 5.74) is 2.34. The lowest BCUT2D eigenvalue weighted by molar-refractivity contribution is 0.0818. The molecule has 104 valence electrons. The van der Waals surface area contributed by atoms with Crippen molar-refractivity contribution in [2.45, 2.75) is 13.3 Å². The molecule has 2 aromatic carbocycles. The van der Waals surface area contributed by atoms with E-state index in [1.807, 2.05) is 24.3 Å². The van der Waals surface area contributed by atoms with E-state index in [9.17, 15) is 4.79 Å². The molecule has 3 nitrogen and oxygen atoms in total. The van der Waals surface area contributed by atoms with Crippen LogP contribution < -0.4 is 0 Å². The Morgan fingerprint density at radius 3 is 2.65 bits per heavy atom. The first-order chi connectivity index (χ1) is 9.76. The number of hydrogen-bond donors (Lipinski definition) is 0. The van der Waals surface area contributed by atoms with E-state index < -0.39 is 6.16 Å². The topological polar surface area (TPSA) is 35.5 Å². The van der Waals surface area contributed by atoms with Gasteiger partial charge in [0, 0.05) is 0 Å². The van der Waals surface area contributed by atoms with Crippen LogP contribution in [0.5, 0.6) is 0 Å². The predicted molar refractivity (Wildman–Crippen MR) is 80.6 cm³/mol. The monoisotopic (exact) mass is 270 g/mol. The van der Waals surface area contributed by atoms with Crippen LogP contribution in [0, 0.1) is 0 Å². The van der Waals surface area contributed by atoms with Gasteiger partial charge < -0.3 is 9.47 Å². The highest BCUT2D eigenvalue weighted by Gasteiger charge is 2.05. The standard InChI is InChI=1S/C17H18O3/c1-3-13(11-12-20-17(18)19-2)15-10-6-8-14-7-4-5-9-16(14)15/h4-11H,3,12H2,1-2H3/b13-11+. The lowest BCUT2D eigenvalue weighted by Crippen LogP contribution is -2.04. The average molecular weight is 270 g/mol. The Hall–Kier alpha value is -2.29. The van der Waals surface area contributed by atoms with Gasteiger partial charge in [-0.15, -0.1) is 0 Å². The Kier molecular flexibility index (Phi) is 4.77. The van der Waals surface area contributed by atoms with Gasteiger partial charge in [-0.25, -0.2) is 4.79 Å². The second-order valence-electron chi connectivity index (χ2n) is 4.37. The fourth-order valence-corrected chi connectivity index (χ4v) is 2.22. The molecule has 0 aliphatic heterocycles. The van der Waals surface area contributed by atoms with Gasteiger partial charge in [-0.3, -0.25) is 0 Å². The molecular weight excluding hydrogens is 252 g/mol. The number of carbonyl (C=O) groups excluding carboxylic acids is 1. The highest BCUT2D eigenvalue weighted by atomic mass is 16.7. The molecule has 0 spiro atoms. The van der Waals surface area contributed by atoms with Gasteiger partial charge >= 0.3 is 6.16 Å². The summed E-state index contributed by atoms with van der Waals surface area (Å²) in [5, 5.41) is 2.42. The first-order valence-electron chi connectivity index (χ1n) is 6.64. The minimum Gasteiger partial charge on any atom is -0.438 e. The van der Waals surface area contributed by atoms with Crippen LogP contribution in [-0.2, 0) is 9.47 Å². The molecule has 0 atom stereocenters. The number of carbonyl (C=O) groups is 1. The van der Waals surface area contributed by atoms with Crippen LogP contribution in [0.1, 0.15) is 18.9 Å². The van der Waals surface area contributed by atoms with Crippen molar-refractivity contribution >= 4 is 22.5 Å². The Morgan fingerprint density at radius 1 is 1.15 bits per heavy atom. The van der Waals surface area contributed by atoms with Crippen molar-refractivity contribution in [3.63, 3.8) is 0 Å². The van der Waals surface area contributed by atoms with Gasteiger partial charge in [0.1, 0.15) is 6.61 Å². The van der Waals surface area contributed by atoms with E-state index in [0.29, 0.717) is 0 Å². The van der Waals surface area contributed by atoms with Crippen LogP contribution >= 0.6 is 0 Å². The number of rotatable bonds is 4. The molecule has 0 aliphatic rings. The fourth-order valence-electron chi connectivity index (χ4n) is 2.22. The summed E-state index contributed by atoms with van der Waals surface area (Å²) in [5.74, 6) is 0. The van der Waals surface area contributed by atoms with Crippen molar-refractivity contribution in [1.29, 1.82) is 0 Å². The van der Waals surface area contributed by atoms with Crippen molar-refractivity contribution in [3.05, 3.63) is 54.1 Å². The molecule has 0 radical (unpaired) electrons. The molecule has 3 heteroatoms. The van der Waals surface area contributed by atoms with E-state index in [2.05, 4.69) is 35.9 Å². The van der Waals surface area contributed by atoms with Crippen molar-refractivity contribution in [2.24, 2.45) is 0 Å². The van der Waals surface area contributed by atoms with Crippen molar-refractivity contribution in [1.82, 2.24) is 0 Å². The summed E-state index contributed by atoms with van der Waals surface area (Å²) in [6.07, 6.45) is 2.15. The van der Waals surface area contributed by atoms with Gasteiger partial charge in [-0.1, -0.05) is 49.4 Å². The van der Waals surface area contributed by atoms with Crippen molar-refractivity contribution < 1.29 is 14.3 Å². The van der Waals surface area contributed by atoms with Gasteiger partial charge in [0.2, 0.25) is 0 Å². The number of allylic oxidation sites excluding steroid dienone is 1. The van der Waals surface area contributed by atoms with Crippen LogP contribution in [0.3, 0.4) is 0 Å². The van der Waals surface area contributed by atoms with Gasteiger partial charge in [-0.2, -0.15) is 0 Å². The van der Waals surface area contributed by atoms with Crippen LogP contribution in [0.15, 0.2) is 48.5 Å². The molecule has 0 N–H and O–H groups in total. The summed E-state index contributed by atoms with van der Waals surface area (Å²) >= 11 is 0. The summed E-state index contributed by atoms with van der Waals surface area (Å²) < 4.78 is 9.37. The van der Waals surface area contributed by atoms with Gasteiger partial charge in [0.25, 0.3) is 0 Å². The Bertz CT molecular complexity index is 624. The fraction of sp³-hybridized carbons (Fsp3) is 0.235. The number of fused-ring (bicyclic) bond motifs is 1. The highest BCUT2D eigenvalue weighted by Crippen LogP contribution is 2.26. The third-order valence-electron chi connectivity index (χ3n) is 3.21. The molecule has 20 heavy (non-hydrogen) atoms. The van der Waals surface area contributed by atoms with Crippen LogP contribution in [0.25, 0.3) is 16.3 Å². The Labute approximate surface area is 118 Å². The molecule has 0 heterocycles. The molecule has 0 aromatic heterocycles. The van der Waals surface area contributed by atoms with E-state index in [1.165, 1.54) is 23.4 Å². The first kappa shape index (κ1) is 14.1. The van der Waals surface area contributed by atoms with Gasteiger partial charge in [0.05, 0.1) is 7.11 Å². The van der Waals surface area contributed by atoms with E-state index >= 15 is 0 Å². The van der Waals surface area contributed by atoms with Crippen LogP contribution in [0.4, 0.5) is 4.79 Å². The Morgan fingerprint density at radius 2 is 1.90 bits per heavy atom. The molecule has 0 unspecified atom stereocenters. The molecule has 0 fully saturated rings. The predicted octanol–water partition coefficient (Wildman–Crippen LogP) is 4.42. The van der Waals surface area contributed by atoms with E-state index in [1.54, 1.807) is 0 Å². The minimum absolute atomic E-state index is 0.221. The average Bonchev–Trinajstić information content (AvgIpc) is 2.51. The maximum absolute atomic E-state index is 11.0. The van der Waals surface area contributed by atoms with E-state index in [0.717, 1.165) is 12.0 Å². The second-order valence-corrected chi connectivity index (χ2v) is 4.37. The molecule has 0 aliphatic carbocycles. The zero-order valence-corrected chi connectivity index (χ0v) is 11.8. The van der Waals surface area contributed by atoms with E-state index in [-0.39, 0.29) is 6.61 Å². The number of benzene rings is 2. The first-order valence-corrected chi connectivity index (χ1v) is 6.64. The van der Waals surface area contributed by atoms with Crippen molar-refractivity contribution in [2.75, 3.05) is 13.7 Å². The molecular formula is C17H18O3. The smallest absolute Gasteiger partial charge is 0.438 e. The van der Waals surface area contributed by atoms with Crippen LogP contribution in [-0.4, -0.2) is 19.9 Å². The zero-order chi connectivity index (χ0) is 14.4. The number of ether oxygens (including phenoxy) is 2. The maximum Gasteiger partial charge on any atom is 0.508 e. The van der Waals surface area contributed by atoms with Gasteiger partial charge in [-0.05, 0) is 34.4 Å². The molecule has 0 saturated heterocycles. The van der Waals surface area contributed by atoms with E-state index in [4.69, 9.17) is 4.74 Å². The summed E-state index contributed by atoms with van der Waals surface area (Å²) in [4.78, 5) is 11.0. The maximum atomic E-state index is 11.0. The zero-order valence-electron chi connectivity index (χ0n) is 11.8. The number of methoxy groups -OCH3 is 1. The molecule has 0 bridgehead atoms. The third kappa shape index (κ3) is 3.18. The molecule has 2 rings (SSSR count). The second kappa shape index (κ2) is 6.75. The molecule has 0 amide bonds. The number of hydrogen-bond acceptors (Lipinski definition) is 3. The third-order valence-corrected chi connectivity index (χ3v) is 3.21. The van der Waals surface area contributed by atoms with Crippen LogP contribution in [0.2, 0.25) is 0 Å². The minimum atomic E-state index is -0.658. The summed E-state index contributed by atoms with van der Waals surface area (Å²) in [6, 6.07) is 14.5. The molecule has 0 saturated carbocycles. The Balaban J connectivity index is 2.30. The molecule has 2 aromatic rings. The van der Waals surface area contributed by atoms with Crippen molar-refractivity contribution in [3.8, 4) is 0 Å². The lowest BCUT2D eigenvalue weighted by atomic mass is 9.96. The quantitative estimate of drug-likeness (QED) is 0.772. The SMILES string of the molecule is CC/C(=C\COC(=O)OC)c1cccc2ccccc12. The lowest BCUT2D eigenvalue weighted by Gasteiger charge is -2.09. The highest BCUT2D eigenvalue weighted by molar-refractivity contribution is 5.93. The van der Waals surface area contributed by atoms with Gasteiger partial charge in [0.15, 0.2) is 0 Å².